The van der Waals surface area contributed by atoms with Crippen LogP contribution < -0.4 is 4.90 Å². The zero-order valence-corrected chi connectivity index (χ0v) is 13.5. The summed E-state index contributed by atoms with van der Waals surface area (Å²) in [4.78, 5) is 11.0. The molecule has 1 aromatic rings. The highest BCUT2D eigenvalue weighted by Crippen LogP contribution is 2.36. The average molecular weight is 322 g/mol. The van der Waals surface area contributed by atoms with Crippen LogP contribution in [-0.2, 0) is 10.0 Å². The van der Waals surface area contributed by atoms with Gasteiger partial charge < -0.3 is 4.90 Å². The fraction of sp³-hybridized carbons (Fsp3) is 0.733. The summed E-state index contributed by atoms with van der Waals surface area (Å²) in [6.45, 7) is 2.57. The van der Waals surface area contributed by atoms with Gasteiger partial charge in [-0.2, -0.15) is 4.31 Å². The number of nitrogens with zero attached hydrogens (tertiary/aromatic N) is 4. The van der Waals surface area contributed by atoms with Gasteiger partial charge >= 0.3 is 0 Å². The molecule has 0 aromatic carbocycles. The van der Waals surface area contributed by atoms with Gasteiger partial charge in [-0.3, -0.25) is 0 Å². The summed E-state index contributed by atoms with van der Waals surface area (Å²) in [5.74, 6) is 1.54. The van der Waals surface area contributed by atoms with E-state index in [0.717, 1.165) is 24.4 Å². The zero-order chi connectivity index (χ0) is 15.2. The van der Waals surface area contributed by atoms with Gasteiger partial charge in [0.25, 0.3) is 0 Å². The monoisotopic (exact) mass is 322 g/mol. The summed E-state index contributed by atoms with van der Waals surface area (Å²) < 4.78 is 26.2. The smallest absolute Gasteiger partial charge is 0.217 e. The van der Waals surface area contributed by atoms with E-state index in [1.807, 2.05) is 0 Å². The van der Waals surface area contributed by atoms with Crippen molar-refractivity contribution in [3.8, 4) is 0 Å². The highest BCUT2D eigenvalue weighted by molar-refractivity contribution is 7.90. The van der Waals surface area contributed by atoms with Gasteiger partial charge in [-0.25, -0.2) is 18.4 Å². The molecule has 0 amide bonds. The molecule has 0 unspecified atom stereocenters. The SMILES string of the molecule is O=S(=O)(C1CC1)N1CCN(c2cc(C3CCC3)ncn2)CC1. The van der Waals surface area contributed by atoms with Gasteiger partial charge in [0, 0.05) is 43.9 Å². The molecule has 2 heterocycles. The van der Waals surface area contributed by atoms with Gasteiger partial charge in [0.15, 0.2) is 0 Å². The molecule has 0 radical (unpaired) electrons. The third kappa shape index (κ3) is 2.60. The average Bonchev–Trinajstić information content (AvgIpc) is 3.31. The summed E-state index contributed by atoms with van der Waals surface area (Å²) >= 11 is 0. The van der Waals surface area contributed by atoms with E-state index in [4.69, 9.17) is 0 Å². The number of anilines is 1. The number of aromatic nitrogens is 2. The van der Waals surface area contributed by atoms with Crippen LogP contribution in [0.4, 0.5) is 5.82 Å². The quantitative estimate of drug-likeness (QED) is 0.837. The molecule has 7 heteroatoms. The first-order chi connectivity index (χ1) is 10.6. The maximum Gasteiger partial charge on any atom is 0.217 e. The fourth-order valence-corrected chi connectivity index (χ4v) is 5.04. The molecule has 4 rings (SSSR count). The first kappa shape index (κ1) is 14.4. The predicted molar refractivity (Wildman–Crippen MR) is 84.4 cm³/mol. The molecule has 1 aromatic heterocycles. The lowest BCUT2D eigenvalue weighted by molar-refractivity contribution is 0.382. The Morgan fingerprint density at radius 1 is 1.00 bits per heavy atom. The minimum atomic E-state index is -3.04. The van der Waals surface area contributed by atoms with Crippen LogP contribution in [0.1, 0.15) is 43.7 Å². The minimum absolute atomic E-state index is 0.108. The standard InChI is InChI=1S/C15H22N4O2S/c20-22(21,13-4-5-13)19-8-6-18(7-9-19)15-10-14(16-11-17-15)12-2-1-3-12/h10-13H,1-9H2. The van der Waals surface area contributed by atoms with Crippen LogP contribution in [0.2, 0.25) is 0 Å². The Morgan fingerprint density at radius 3 is 2.32 bits per heavy atom. The molecular formula is C15H22N4O2S. The Morgan fingerprint density at radius 2 is 1.73 bits per heavy atom. The lowest BCUT2D eigenvalue weighted by Gasteiger charge is -2.35. The van der Waals surface area contributed by atoms with Crippen LogP contribution in [0.25, 0.3) is 0 Å². The topological polar surface area (TPSA) is 66.4 Å². The molecule has 2 aliphatic carbocycles. The Labute approximate surface area is 131 Å². The molecular weight excluding hydrogens is 300 g/mol. The molecule has 6 nitrogen and oxygen atoms in total. The van der Waals surface area contributed by atoms with E-state index in [2.05, 4.69) is 20.9 Å². The molecule has 2 saturated carbocycles. The van der Waals surface area contributed by atoms with Crippen molar-refractivity contribution in [3.63, 3.8) is 0 Å². The number of hydrogen-bond acceptors (Lipinski definition) is 5. The van der Waals surface area contributed by atoms with E-state index in [9.17, 15) is 8.42 Å². The minimum Gasteiger partial charge on any atom is -0.354 e. The predicted octanol–water partition coefficient (Wildman–Crippen LogP) is 1.36. The Hall–Kier alpha value is -1.21. The van der Waals surface area contributed by atoms with Crippen LogP contribution in [0.15, 0.2) is 12.4 Å². The fourth-order valence-electron chi connectivity index (χ4n) is 3.21. The van der Waals surface area contributed by atoms with Gasteiger partial charge in [0.1, 0.15) is 12.1 Å². The third-order valence-electron chi connectivity index (χ3n) is 5.07. The second-order valence-electron chi connectivity index (χ2n) is 6.56. The van der Waals surface area contributed by atoms with E-state index in [0.29, 0.717) is 32.1 Å². The van der Waals surface area contributed by atoms with E-state index in [-0.39, 0.29) is 5.25 Å². The van der Waals surface area contributed by atoms with Crippen molar-refractivity contribution in [1.82, 2.24) is 14.3 Å². The summed E-state index contributed by atoms with van der Waals surface area (Å²) in [6.07, 6.45) is 7.06. The molecule has 0 bridgehead atoms. The second kappa shape index (κ2) is 5.45. The number of sulfonamides is 1. The van der Waals surface area contributed by atoms with Crippen molar-refractivity contribution < 1.29 is 8.42 Å². The van der Waals surface area contributed by atoms with Crippen LogP contribution >= 0.6 is 0 Å². The van der Waals surface area contributed by atoms with Crippen molar-refractivity contribution in [3.05, 3.63) is 18.1 Å². The van der Waals surface area contributed by atoms with E-state index in [1.165, 1.54) is 19.3 Å². The molecule has 0 N–H and O–H groups in total. The van der Waals surface area contributed by atoms with Crippen LogP contribution in [0.5, 0.6) is 0 Å². The van der Waals surface area contributed by atoms with Crippen molar-refractivity contribution >= 4 is 15.8 Å². The van der Waals surface area contributed by atoms with Crippen molar-refractivity contribution in [2.45, 2.75) is 43.3 Å². The van der Waals surface area contributed by atoms with Crippen molar-refractivity contribution in [2.24, 2.45) is 0 Å². The summed E-state index contributed by atoms with van der Waals surface area (Å²) in [6, 6.07) is 2.09. The maximum absolute atomic E-state index is 12.3. The van der Waals surface area contributed by atoms with Gasteiger partial charge in [0.05, 0.1) is 5.25 Å². The normalized spacial score (nSPS) is 24.3. The molecule has 0 atom stereocenters. The van der Waals surface area contributed by atoms with E-state index < -0.39 is 10.0 Å². The summed E-state index contributed by atoms with van der Waals surface area (Å²) in [7, 11) is -3.04. The van der Waals surface area contributed by atoms with Crippen LogP contribution in [0, 0.1) is 0 Å². The molecule has 0 spiro atoms. The first-order valence-electron chi connectivity index (χ1n) is 8.20. The highest BCUT2D eigenvalue weighted by Gasteiger charge is 2.41. The van der Waals surface area contributed by atoms with Gasteiger partial charge in [-0.15, -0.1) is 0 Å². The largest absolute Gasteiger partial charge is 0.354 e. The lowest BCUT2D eigenvalue weighted by atomic mass is 9.83. The van der Waals surface area contributed by atoms with Crippen molar-refractivity contribution in [1.29, 1.82) is 0 Å². The summed E-state index contributed by atoms with van der Waals surface area (Å²) in [5, 5.41) is -0.108. The summed E-state index contributed by atoms with van der Waals surface area (Å²) in [5.41, 5.74) is 1.14. The number of hydrogen-bond donors (Lipinski definition) is 0. The molecule has 22 heavy (non-hydrogen) atoms. The molecule has 1 aliphatic heterocycles. The van der Waals surface area contributed by atoms with Gasteiger partial charge in [-0.05, 0) is 25.7 Å². The number of rotatable bonds is 4. The zero-order valence-electron chi connectivity index (χ0n) is 12.7. The first-order valence-corrected chi connectivity index (χ1v) is 9.71. The third-order valence-corrected chi connectivity index (χ3v) is 7.46. The Balaban J connectivity index is 1.43. The molecule has 120 valence electrons. The van der Waals surface area contributed by atoms with Gasteiger partial charge in [-0.1, -0.05) is 6.42 Å². The van der Waals surface area contributed by atoms with E-state index in [1.54, 1.807) is 10.6 Å². The number of piperazine rings is 1. The highest BCUT2D eigenvalue weighted by atomic mass is 32.2. The van der Waals surface area contributed by atoms with Gasteiger partial charge in [0.2, 0.25) is 10.0 Å². The van der Waals surface area contributed by atoms with Crippen molar-refractivity contribution in [2.75, 3.05) is 31.1 Å². The molecule has 1 saturated heterocycles. The molecule has 3 fully saturated rings. The van der Waals surface area contributed by atoms with Crippen LogP contribution in [-0.4, -0.2) is 54.1 Å². The Bertz CT molecular complexity index is 647. The molecule has 3 aliphatic rings. The van der Waals surface area contributed by atoms with E-state index >= 15 is 0 Å². The lowest BCUT2D eigenvalue weighted by Crippen LogP contribution is -2.49. The maximum atomic E-state index is 12.3. The van der Waals surface area contributed by atoms with Crippen LogP contribution in [0.3, 0.4) is 0 Å². The second-order valence-corrected chi connectivity index (χ2v) is 8.77. The Kier molecular flexibility index (Phi) is 3.57.